The van der Waals surface area contributed by atoms with E-state index >= 15 is 0 Å². The van der Waals surface area contributed by atoms with E-state index in [4.69, 9.17) is 4.98 Å². The summed E-state index contributed by atoms with van der Waals surface area (Å²) in [6.45, 7) is 8.60. The number of hydrogen-bond acceptors (Lipinski definition) is 5. The summed E-state index contributed by atoms with van der Waals surface area (Å²) in [5.74, 6) is 1.73. The fourth-order valence-corrected chi connectivity index (χ4v) is 3.51. The number of rotatable bonds is 5. The van der Waals surface area contributed by atoms with E-state index < -0.39 is 0 Å². The summed E-state index contributed by atoms with van der Waals surface area (Å²) in [7, 11) is 0. The Balaban J connectivity index is 2.04. The van der Waals surface area contributed by atoms with E-state index in [9.17, 15) is 4.79 Å². The van der Waals surface area contributed by atoms with Crippen LogP contribution in [0.3, 0.4) is 0 Å². The molecule has 7 nitrogen and oxygen atoms in total. The van der Waals surface area contributed by atoms with Gasteiger partial charge < -0.3 is 10.2 Å². The SMILES string of the molecule is CCCC1CCCN1c1cc(NC(C)=O)nc(-n2nc(C)cc2C)n1. The monoisotopic (exact) mass is 342 g/mol. The molecule has 3 rings (SSSR count). The van der Waals surface area contributed by atoms with Gasteiger partial charge in [0.2, 0.25) is 5.91 Å². The molecule has 1 fully saturated rings. The summed E-state index contributed by atoms with van der Waals surface area (Å²) >= 11 is 0. The van der Waals surface area contributed by atoms with Crippen LogP contribution in [-0.2, 0) is 4.79 Å². The van der Waals surface area contributed by atoms with Gasteiger partial charge in [-0.05, 0) is 39.2 Å². The first-order valence-electron chi connectivity index (χ1n) is 8.95. The maximum Gasteiger partial charge on any atom is 0.254 e. The van der Waals surface area contributed by atoms with Crippen molar-refractivity contribution in [2.45, 2.75) is 59.4 Å². The molecule has 134 valence electrons. The summed E-state index contributed by atoms with van der Waals surface area (Å²) in [5, 5.41) is 7.28. The molecular weight excluding hydrogens is 316 g/mol. The minimum absolute atomic E-state index is 0.143. The Morgan fingerprint density at radius 3 is 2.76 bits per heavy atom. The van der Waals surface area contributed by atoms with Gasteiger partial charge in [0, 0.05) is 31.3 Å². The molecule has 0 radical (unpaired) electrons. The summed E-state index contributed by atoms with van der Waals surface area (Å²) in [6, 6.07) is 4.35. The molecule has 1 aliphatic rings. The Morgan fingerprint density at radius 2 is 2.12 bits per heavy atom. The average molecular weight is 342 g/mol. The van der Waals surface area contributed by atoms with Crippen molar-refractivity contribution in [3.8, 4) is 5.95 Å². The second-order valence-electron chi connectivity index (χ2n) is 6.71. The maximum atomic E-state index is 11.5. The summed E-state index contributed by atoms with van der Waals surface area (Å²) in [5.41, 5.74) is 1.88. The number of aromatic nitrogens is 4. The van der Waals surface area contributed by atoms with Crippen molar-refractivity contribution >= 4 is 17.5 Å². The summed E-state index contributed by atoms with van der Waals surface area (Å²) in [6.07, 6.45) is 4.64. The lowest BCUT2D eigenvalue weighted by atomic mass is 10.1. The number of nitrogens with zero attached hydrogens (tertiary/aromatic N) is 5. The van der Waals surface area contributed by atoms with E-state index in [1.165, 1.54) is 19.8 Å². The van der Waals surface area contributed by atoms with Gasteiger partial charge in [0.25, 0.3) is 5.95 Å². The van der Waals surface area contributed by atoms with Gasteiger partial charge in [-0.3, -0.25) is 4.79 Å². The van der Waals surface area contributed by atoms with Gasteiger partial charge in [-0.2, -0.15) is 15.1 Å². The molecule has 25 heavy (non-hydrogen) atoms. The Bertz CT molecular complexity index is 769. The third kappa shape index (κ3) is 3.81. The van der Waals surface area contributed by atoms with Crippen LogP contribution >= 0.6 is 0 Å². The first kappa shape index (κ1) is 17.4. The van der Waals surface area contributed by atoms with E-state index in [-0.39, 0.29) is 5.91 Å². The lowest BCUT2D eigenvalue weighted by molar-refractivity contribution is -0.114. The normalized spacial score (nSPS) is 17.1. The van der Waals surface area contributed by atoms with Crippen LogP contribution in [0.5, 0.6) is 0 Å². The predicted molar refractivity (Wildman–Crippen MR) is 98.2 cm³/mol. The van der Waals surface area contributed by atoms with Crippen molar-refractivity contribution in [1.82, 2.24) is 19.7 Å². The zero-order valence-electron chi connectivity index (χ0n) is 15.4. The minimum atomic E-state index is -0.143. The highest BCUT2D eigenvalue weighted by molar-refractivity contribution is 5.88. The van der Waals surface area contributed by atoms with Crippen LogP contribution in [0.25, 0.3) is 5.95 Å². The summed E-state index contributed by atoms with van der Waals surface area (Å²) in [4.78, 5) is 23.1. The van der Waals surface area contributed by atoms with E-state index in [0.29, 0.717) is 17.8 Å². The third-order valence-electron chi connectivity index (χ3n) is 4.50. The highest BCUT2D eigenvalue weighted by atomic mass is 16.1. The second kappa shape index (κ2) is 7.21. The molecular formula is C18H26N6O. The fraction of sp³-hybridized carbons (Fsp3) is 0.556. The molecule has 7 heteroatoms. The van der Waals surface area contributed by atoms with E-state index in [0.717, 1.165) is 36.6 Å². The molecule has 1 atom stereocenters. The minimum Gasteiger partial charge on any atom is -0.353 e. The van der Waals surface area contributed by atoms with Gasteiger partial charge in [-0.1, -0.05) is 13.3 Å². The summed E-state index contributed by atoms with van der Waals surface area (Å²) < 4.78 is 1.73. The maximum absolute atomic E-state index is 11.5. The number of carbonyl (C=O) groups is 1. The lowest BCUT2D eigenvalue weighted by Gasteiger charge is -2.26. The van der Waals surface area contributed by atoms with Crippen LogP contribution in [-0.4, -0.2) is 38.2 Å². The van der Waals surface area contributed by atoms with Crippen molar-refractivity contribution in [3.05, 3.63) is 23.5 Å². The van der Waals surface area contributed by atoms with Crippen LogP contribution in [0.15, 0.2) is 12.1 Å². The highest BCUT2D eigenvalue weighted by Crippen LogP contribution is 2.28. The highest BCUT2D eigenvalue weighted by Gasteiger charge is 2.26. The lowest BCUT2D eigenvalue weighted by Crippen LogP contribution is -2.30. The van der Waals surface area contributed by atoms with Crippen molar-refractivity contribution < 1.29 is 4.79 Å². The standard InChI is InChI=1S/C18H26N6O/c1-5-7-15-8-6-9-23(15)17-11-16(19-14(4)25)20-18(21-17)24-13(3)10-12(2)22-24/h10-11,15H,5-9H2,1-4H3,(H,19,20,21,25). The molecule has 1 aliphatic heterocycles. The second-order valence-corrected chi connectivity index (χ2v) is 6.71. The number of amides is 1. The molecule has 2 aromatic rings. The van der Waals surface area contributed by atoms with Crippen LogP contribution in [0.4, 0.5) is 11.6 Å². The zero-order valence-corrected chi connectivity index (χ0v) is 15.4. The topological polar surface area (TPSA) is 75.9 Å². The molecule has 3 heterocycles. The molecule has 0 aliphatic carbocycles. The van der Waals surface area contributed by atoms with Crippen LogP contribution in [0.1, 0.15) is 50.9 Å². The number of carbonyl (C=O) groups excluding carboxylic acids is 1. The fourth-order valence-electron chi connectivity index (χ4n) is 3.51. The quantitative estimate of drug-likeness (QED) is 0.904. The molecule has 0 bridgehead atoms. The smallest absolute Gasteiger partial charge is 0.254 e. The molecule has 1 unspecified atom stereocenters. The van der Waals surface area contributed by atoms with Gasteiger partial charge in [0.15, 0.2) is 0 Å². The van der Waals surface area contributed by atoms with E-state index in [1.54, 1.807) is 4.68 Å². The largest absolute Gasteiger partial charge is 0.353 e. The first-order valence-corrected chi connectivity index (χ1v) is 8.95. The molecule has 1 amide bonds. The molecule has 0 spiro atoms. The Labute approximate surface area is 148 Å². The van der Waals surface area contributed by atoms with Crippen LogP contribution < -0.4 is 10.2 Å². The first-order chi connectivity index (χ1) is 12.0. The Kier molecular flexibility index (Phi) is 5.01. The van der Waals surface area contributed by atoms with Crippen molar-refractivity contribution in [2.24, 2.45) is 0 Å². The molecule has 0 aromatic carbocycles. The number of aryl methyl sites for hydroxylation is 2. The third-order valence-corrected chi connectivity index (χ3v) is 4.50. The number of nitrogens with one attached hydrogen (secondary N) is 1. The van der Waals surface area contributed by atoms with Crippen molar-refractivity contribution in [2.75, 3.05) is 16.8 Å². The number of anilines is 2. The Morgan fingerprint density at radius 1 is 1.32 bits per heavy atom. The molecule has 0 saturated carbocycles. The van der Waals surface area contributed by atoms with Gasteiger partial charge >= 0.3 is 0 Å². The van der Waals surface area contributed by atoms with Crippen molar-refractivity contribution in [1.29, 1.82) is 0 Å². The van der Waals surface area contributed by atoms with E-state index in [1.807, 2.05) is 26.0 Å². The molecule has 1 N–H and O–H groups in total. The van der Waals surface area contributed by atoms with Gasteiger partial charge in [0.1, 0.15) is 11.6 Å². The number of hydrogen-bond donors (Lipinski definition) is 1. The van der Waals surface area contributed by atoms with Crippen LogP contribution in [0, 0.1) is 13.8 Å². The molecule has 1 saturated heterocycles. The Hall–Kier alpha value is -2.44. The zero-order chi connectivity index (χ0) is 18.0. The van der Waals surface area contributed by atoms with Gasteiger partial charge in [0.05, 0.1) is 5.69 Å². The van der Waals surface area contributed by atoms with Crippen molar-refractivity contribution in [3.63, 3.8) is 0 Å². The predicted octanol–water partition coefficient (Wildman–Crippen LogP) is 3.01. The van der Waals surface area contributed by atoms with Crippen LogP contribution in [0.2, 0.25) is 0 Å². The molecule has 2 aromatic heterocycles. The average Bonchev–Trinajstić information content (AvgIpc) is 3.13. The van der Waals surface area contributed by atoms with E-state index in [2.05, 4.69) is 27.2 Å². The van der Waals surface area contributed by atoms with Gasteiger partial charge in [-0.25, -0.2) is 4.68 Å². The van der Waals surface area contributed by atoms with Gasteiger partial charge in [-0.15, -0.1) is 0 Å².